The number of primary amides is 1. The number of hydrogen-bond acceptors (Lipinski definition) is 3. The van der Waals surface area contributed by atoms with Crippen molar-refractivity contribution in [2.45, 2.75) is 40.2 Å². The van der Waals surface area contributed by atoms with E-state index in [1.54, 1.807) is 18.2 Å². The van der Waals surface area contributed by atoms with Crippen molar-refractivity contribution in [3.8, 4) is 0 Å². The Bertz CT molecular complexity index is 529. The first-order valence-electron chi connectivity index (χ1n) is 6.76. The lowest BCUT2D eigenvalue weighted by Crippen LogP contribution is -2.63. The fourth-order valence-corrected chi connectivity index (χ4v) is 2.60. The van der Waals surface area contributed by atoms with Crippen LogP contribution in [0.1, 0.15) is 34.6 Å². The summed E-state index contributed by atoms with van der Waals surface area (Å²) in [5, 5.41) is 5.48. The van der Waals surface area contributed by atoms with Crippen LogP contribution >= 0.6 is 0 Å². The molecule has 0 saturated heterocycles. The maximum absolute atomic E-state index is 11.9. The average molecular weight is 293 g/mol. The van der Waals surface area contributed by atoms with Crippen LogP contribution in [-0.2, 0) is 14.4 Å². The number of carbonyl (C=O) groups is 3. The molecular weight excluding hydrogens is 270 g/mol. The van der Waals surface area contributed by atoms with Crippen LogP contribution in [0.15, 0.2) is 23.9 Å². The summed E-state index contributed by atoms with van der Waals surface area (Å²) in [6.45, 7) is 8.53. The zero-order chi connectivity index (χ0) is 16.4. The Balaban J connectivity index is 3.35. The Morgan fingerprint density at radius 1 is 1.19 bits per heavy atom. The Morgan fingerprint density at radius 3 is 2.14 bits per heavy atom. The molecule has 0 aliphatic heterocycles. The average Bonchev–Trinajstić information content (AvgIpc) is 2.27. The molecule has 0 bridgehead atoms. The second-order valence-corrected chi connectivity index (χ2v) is 6.32. The van der Waals surface area contributed by atoms with Gasteiger partial charge in [0.2, 0.25) is 17.7 Å². The van der Waals surface area contributed by atoms with Gasteiger partial charge in [0.25, 0.3) is 0 Å². The molecule has 0 aromatic heterocycles. The van der Waals surface area contributed by atoms with E-state index in [2.05, 4.69) is 10.6 Å². The molecule has 0 saturated carbocycles. The molecule has 0 heterocycles. The summed E-state index contributed by atoms with van der Waals surface area (Å²) in [6.07, 6.45) is 5.00. The standard InChI is InChI=1S/C15H23N3O3/c1-9(19)17-11-6-7-15(14(3,4)5,18-10(2)20)12(8-11)13(16)21/h6-8,12H,1-5H3,(H2,16,21)(H,17,19)(H,18,20). The Kier molecular flexibility index (Phi) is 4.61. The zero-order valence-electron chi connectivity index (χ0n) is 13.1. The number of nitrogens with two attached hydrogens (primary N) is 1. The van der Waals surface area contributed by atoms with Crippen molar-refractivity contribution in [2.24, 2.45) is 17.1 Å². The highest BCUT2D eigenvalue weighted by molar-refractivity contribution is 5.85. The van der Waals surface area contributed by atoms with Crippen LogP contribution in [0.3, 0.4) is 0 Å². The minimum Gasteiger partial charge on any atom is -0.369 e. The fourth-order valence-electron chi connectivity index (χ4n) is 2.60. The number of carbonyl (C=O) groups excluding carboxylic acids is 3. The van der Waals surface area contributed by atoms with Crippen molar-refractivity contribution in [3.63, 3.8) is 0 Å². The van der Waals surface area contributed by atoms with Gasteiger partial charge in [0.1, 0.15) is 0 Å². The van der Waals surface area contributed by atoms with Gasteiger partial charge in [-0.05, 0) is 17.6 Å². The summed E-state index contributed by atoms with van der Waals surface area (Å²) in [6, 6.07) is 0. The number of rotatable bonds is 3. The minimum absolute atomic E-state index is 0.239. The van der Waals surface area contributed by atoms with Gasteiger partial charge in [0.15, 0.2) is 0 Å². The van der Waals surface area contributed by atoms with Crippen LogP contribution in [-0.4, -0.2) is 23.3 Å². The van der Waals surface area contributed by atoms with Crippen molar-refractivity contribution in [1.82, 2.24) is 10.6 Å². The molecule has 2 atom stereocenters. The lowest BCUT2D eigenvalue weighted by molar-refractivity contribution is -0.127. The highest BCUT2D eigenvalue weighted by Gasteiger charge is 2.50. The predicted octanol–water partition coefficient (Wildman–Crippen LogP) is 0.599. The van der Waals surface area contributed by atoms with E-state index < -0.39 is 22.8 Å². The molecule has 116 valence electrons. The first kappa shape index (κ1) is 16.9. The minimum atomic E-state index is -0.938. The van der Waals surface area contributed by atoms with Crippen molar-refractivity contribution in [2.75, 3.05) is 0 Å². The van der Waals surface area contributed by atoms with Crippen LogP contribution in [0.4, 0.5) is 0 Å². The Hall–Kier alpha value is -2.11. The summed E-state index contributed by atoms with van der Waals surface area (Å²) in [4.78, 5) is 34.7. The van der Waals surface area contributed by atoms with E-state index >= 15 is 0 Å². The highest BCUT2D eigenvalue weighted by Crippen LogP contribution is 2.41. The van der Waals surface area contributed by atoms with Gasteiger partial charge in [-0.25, -0.2) is 0 Å². The molecule has 4 N–H and O–H groups in total. The molecule has 0 spiro atoms. The molecule has 1 aliphatic carbocycles. The van der Waals surface area contributed by atoms with Gasteiger partial charge in [0, 0.05) is 19.5 Å². The molecule has 0 fully saturated rings. The molecule has 0 aromatic rings. The number of allylic oxidation sites excluding steroid dienone is 1. The number of hydrogen-bond donors (Lipinski definition) is 3. The number of nitrogens with one attached hydrogen (secondary N) is 2. The fraction of sp³-hybridized carbons (Fsp3) is 0.533. The molecule has 6 nitrogen and oxygen atoms in total. The summed E-state index contributed by atoms with van der Waals surface area (Å²) in [7, 11) is 0. The van der Waals surface area contributed by atoms with Gasteiger partial charge in [-0.15, -0.1) is 0 Å². The summed E-state index contributed by atoms with van der Waals surface area (Å²) in [5.41, 5.74) is 4.63. The quantitative estimate of drug-likeness (QED) is 0.710. The second kappa shape index (κ2) is 5.71. The first-order valence-corrected chi connectivity index (χ1v) is 6.76. The monoisotopic (exact) mass is 293 g/mol. The van der Waals surface area contributed by atoms with Crippen molar-refractivity contribution in [1.29, 1.82) is 0 Å². The van der Waals surface area contributed by atoms with Gasteiger partial charge < -0.3 is 16.4 Å². The lowest BCUT2D eigenvalue weighted by Gasteiger charge is -2.48. The first-order chi connectivity index (χ1) is 9.49. The molecule has 3 amide bonds. The third-order valence-electron chi connectivity index (χ3n) is 3.61. The van der Waals surface area contributed by atoms with Crippen molar-refractivity contribution in [3.05, 3.63) is 23.9 Å². The Morgan fingerprint density at radius 2 is 1.76 bits per heavy atom. The molecule has 0 aromatic carbocycles. The number of amides is 3. The van der Waals surface area contributed by atoms with Gasteiger partial charge in [-0.3, -0.25) is 14.4 Å². The largest absolute Gasteiger partial charge is 0.369 e. The second-order valence-electron chi connectivity index (χ2n) is 6.32. The van der Waals surface area contributed by atoms with E-state index in [-0.39, 0.29) is 11.8 Å². The Labute approximate surface area is 124 Å². The summed E-state index contributed by atoms with van der Waals surface area (Å²) >= 11 is 0. The SMILES string of the molecule is CC(=O)NC1=CC(C(N)=O)C(NC(C)=O)(C(C)(C)C)C=C1. The van der Waals surface area contributed by atoms with Gasteiger partial charge in [0.05, 0.1) is 11.5 Å². The normalized spacial score (nSPS) is 25.0. The van der Waals surface area contributed by atoms with E-state index in [0.29, 0.717) is 5.70 Å². The molecular formula is C15H23N3O3. The molecule has 21 heavy (non-hydrogen) atoms. The van der Waals surface area contributed by atoms with Crippen LogP contribution in [0, 0.1) is 11.3 Å². The van der Waals surface area contributed by atoms with Gasteiger partial charge in [-0.2, -0.15) is 0 Å². The van der Waals surface area contributed by atoms with Crippen LogP contribution in [0.2, 0.25) is 0 Å². The maximum atomic E-state index is 11.9. The van der Waals surface area contributed by atoms with Crippen molar-refractivity contribution >= 4 is 17.7 Å². The van der Waals surface area contributed by atoms with E-state index in [1.165, 1.54) is 13.8 Å². The molecule has 2 unspecified atom stereocenters. The zero-order valence-corrected chi connectivity index (χ0v) is 13.1. The molecule has 1 rings (SSSR count). The summed E-state index contributed by atoms with van der Waals surface area (Å²) in [5.74, 6) is -1.81. The smallest absolute Gasteiger partial charge is 0.227 e. The third kappa shape index (κ3) is 3.51. The predicted molar refractivity (Wildman–Crippen MR) is 79.7 cm³/mol. The molecule has 1 aliphatic rings. The lowest BCUT2D eigenvalue weighted by atomic mass is 9.63. The van der Waals surface area contributed by atoms with Crippen LogP contribution in [0.5, 0.6) is 0 Å². The van der Waals surface area contributed by atoms with Crippen LogP contribution < -0.4 is 16.4 Å². The topological polar surface area (TPSA) is 101 Å². The van der Waals surface area contributed by atoms with Gasteiger partial charge in [-0.1, -0.05) is 26.8 Å². The van der Waals surface area contributed by atoms with E-state index in [0.717, 1.165) is 0 Å². The molecule has 0 radical (unpaired) electrons. The summed E-state index contributed by atoms with van der Waals surface area (Å²) < 4.78 is 0. The van der Waals surface area contributed by atoms with E-state index in [9.17, 15) is 14.4 Å². The van der Waals surface area contributed by atoms with E-state index in [1.807, 2.05) is 20.8 Å². The van der Waals surface area contributed by atoms with Crippen LogP contribution in [0.25, 0.3) is 0 Å². The maximum Gasteiger partial charge on any atom is 0.227 e. The van der Waals surface area contributed by atoms with Crippen molar-refractivity contribution < 1.29 is 14.4 Å². The van der Waals surface area contributed by atoms with E-state index in [4.69, 9.17) is 5.73 Å². The van der Waals surface area contributed by atoms with Gasteiger partial charge >= 0.3 is 0 Å². The third-order valence-corrected chi connectivity index (χ3v) is 3.61. The highest BCUT2D eigenvalue weighted by atomic mass is 16.2. The molecule has 6 heteroatoms.